The molecule has 0 bridgehead atoms. The topological polar surface area (TPSA) is 85.6 Å². The summed E-state index contributed by atoms with van der Waals surface area (Å²) in [6, 6.07) is 2.11. The van der Waals surface area contributed by atoms with Crippen molar-refractivity contribution in [2.24, 2.45) is 0 Å². The molecule has 0 aromatic carbocycles. The highest BCUT2D eigenvalue weighted by Gasteiger charge is 2.16. The van der Waals surface area contributed by atoms with Crippen molar-refractivity contribution in [2.75, 3.05) is 11.1 Å². The zero-order chi connectivity index (χ0) is 16.9. The fraction of sp³-hybridized carbons (Fsp3) is 0.357. The van der Waals surface area contributed by atoms with E-state index in [1.807, 2.05) is 0 Å². The Morgan fingerprint density at radius 3 is 2.88 bits per heavy atom. The van der Waals surface area contributed by atoms with Crippen molar-refractivity contribution < 1.29 is 4.79 Å². The Morgan fingerprint density at radius 2 is 2.21 bits per heavy atom. The number of thiophene rings is 1. The molecular weight excluding hydrogens is 364 g/mol. The summed E-state index contributed by atoms with van der Waals surface area (Å²) in [6.07, 6.45) is 0.971. The summed E-state index contributed by atoms with van der Waals surface area (Å²) in [6.45, 7) is 5.00. The van der Waals surface area contributed by atoms with Gasteiger partial charge in [0.1, 0.15) is 5.51 Å². The van der Waals surface area contributed by atoms with E-state index in [1.54, 1.807) is 16.8 Å². The molecule has 0 spiro atoms. The van der Waals surface area contributed by atoms with E-state index in [1.165, 1.54) is 28.0 Å². The van der Waals surface area contributed by atoms with Crippen LogP contribution in [0.5, 0.6) is 0 Å². The predicted octanol–water partition coefficient (Wildman–Crippen LogP) is 3.31. The Balaban J connectivity index is 1.71. The number of carbonyl (C=O) groups is 1. The number of hydrogen-bond acceptors (Lipinski definition) is 8. The van der Waals surface area contributed by atoms with Crippen LogP contribution in [0.1, 0.15) is 18.2 Å². The number of aromatic nitrogens is 5. The molecule has 10 heteroatoms. The minimum atomic E-state index is -0.129. The summed E-state index contributed by atoms with van der Waals surface area (Å²) < 4.78 is 2.07. The quantitative estimate of drug-likeness (QED) is 0.633. The van der Waals surface area contributed by atoms with E-state index in [-0.39, 0.29) is 11.7 Å². The van der Waals surface area contributed by atoms with Gasteiger partial charge in [-0.05, 0) is 19.4 Å². The maximum absolute atomic E-state index is 12.0. The highest BCUT2D eigenvalue weighted by molar-refractivity contribution is 7.99. The largest absolute Gasteiger partial charge is 0.302 e. The number of hydrogen-bond donors (Lipinski definition) is 1. The fourth-order valence-corrected chi connectivity index (χ4v) is 4.01. The lowest BCUT2D eigenvalue weighted by atomic mass is 10.3. The van der Waals surface area contributed by atoms with E-state index >= 15 is 0 Å². The molecule has 3 aromatic rings. The van der Waals surface area contributed by atoms with E-state index in [2.05, 4.69) is 55.6 Å². The normalized spacial score (nSPS) is 10.9. The van der Waals surface area contributed by atoms with Gasteiger partial charge in [-0.3, -0.25) is 10.1 Å². The molecule has 1 amide bonds. The first-order chi connectivity index (χ1) is 11.7. The molecule has 0 saturated carbocycles. The van der Waals surface area contributed by atoms with Gasteiger partial charge in [0, 0.05) is 22.4 Å². The zero-order valence-corrected chi connectivity index (χ0v) is 15.7. The van der Waals surface area contributed by atoms with Crippen LogP contribution in [0, 0.1) is 6.92 Å². The summed E-state index contributed by atoms with van der Waals surface area (Å²) >= 11 is 4.36. The van der Waals surface area contributed by atoms with Crippen LogP contribution in [0.4, 0.5) is 5.13 Å². The molecule has 1 N–H and O–H groups in total. The Morgan fingerprint density at radius 1 is 1.33 bits per heavy atom. The number of nitrogens with zero attached hydrogens (tertiary/aromatic N) is 5. The maximum Gasteiger partial charge on any atom is 0.236 e. The van der Waals surface area contributed by atoms with Crippen LogP contribution >= 0.6 is 34.4 Å². The molecular formula is C14H16N6OS3. The van der Waals surface area contributed by atoms with Gasteiger partial charge in [-0.15, -0.1) is 31.7 Å². The number of carbonyl (C=O) groups excluding carboxylic acids is 1. The lowest BCUT2D eigenvalue weighted by molar-refractivity contribution is -0.113. The number of amides is 1. The van der Waals surface area contributed by atoms with Crippen molar-refractivity contribution >= 4 is 45.5 Å². The molecule has 7 nitrogen and oxygen atoms in total. The molecule has 0 atom stereocenters. The minimum Gasteiger partial charge on any atom is -0.302 e. The SMILES string of the molecule is CCCn1c(SCC(=O)Nc2nncs2)nnc1-c1csc(C)c1. The standard InChI is InChI=1S/C14H16N6OS3/c1-3-4-20-12(10-5-9(2)22-6-10)17-19-14(20)23-7-11(21)16-13-18-15-8-24-13/h5-6,8H,3-4,7H2,1-2H3,(H,16,18,21). The van der Waals surface area contributed by atoms with Gasteiger partial charge in [-0.1, -0.05) is 30.0 Å². The first-order valence-electron chi connectivity index (χ1n) is 7.35. The van der Waals surface area contributed by atoms with Gasteiger partial charge < -0.3 is 4.57 Å². The second-order valence-electron chi connectivity index (χ2n) is 4.98. The Labute approximate surface area is 151 Å². The second kappa shape index (κ2) is 7.86. The van der Waals surface area contributed by atoms with Gasteiger partial charge in [0.25, 0.3) is 0 Å². The maximum atomic E-state index is 12.0. The summed E-state index contributed by atoms with van der Waals surface area (Å²) in [4.78, 5) is 13.2. The summed E-state index contributed by atoms with van der Waals surface area (Å²) in [5, 5.41) is 22.1. The van der Waals surface area contributed by atoms with Crippen molar-refractivity contribution in [2.45, 2.75) is 32.0 Å². The van der Waals surface area contributed by atoms with Crippen molar-refractivity contribution in [1.29, 1.82) is 0 Å². The van der Waals surface area contributed by atoms with Crippen LogP contribution < -0.4 is 5.32 Å². The summed E-state index contributed by atoms with van der Waals surface area (Å²) in [5.74, 6) is 0.980. The number of anilines is 1. The fourth-order valence-electron chi connectivity index (χ4n) is 2.11. The highest BCUT2D eigenvalue weighted by atomic mass is 32.2. The third-order valence-electron chi connectivity index (χ3n) is 3.09. The minimum absolute atomic E-state index is 0.129. The molecule has 3 aromatic heterocycles. The summed E-state index contributed by atoms with van der Waals surface area (Å²) in [5.41, 5.74) is 2.65. The van der Waals surface area contributed by atoms with E-state index in [9.17, 15) is 4.79 Å². The zero-order valence-electron chi connectivity index (χ0n) is 13.2. The van der Waals surface area contributed by atoms with Gasteiger partial charge in [0.05, 0.1) is 5.75 Å². The van der Waals surface area contributed by atoms with Crippen LogP contribution in [0.15, 0.2) is 22.1 Å². The molecule has 126 valence electrons. The van der Waals surface area contributed by atoms with Crippen molar-refractivity contribution in [3.63, 3.8) is 0 Å². The Bertz CT molecular complexity index is 810. The molecule has 0 aliphatic rings. The average Bonchev–Trinajstić information content (AvgIpc) is 3.28. The smallest absolute Gasteiger partial charge is 0.236 e. The highest BCUT2D eigenvalue weighted by Crippen LogP contribution is 2.27. The van der Waals surface area contributed by atoms with Gasteiger partial charge in [-0.2, -0.15) is 0 Å². The van der Waals surface area contributed by atoms with Crippen LogP contribution in [0.2, 0.25) is 0 Å². The monoisotopic (exact) mass is 380 g/mol. The Kier molecular flexibility index (Phi) is 5.59. The molecule has 0 aliphatic carbocycles. The number of nitrogens with one attached hydrogen (secondary N) is 1. The third kappa shape index (κ3) is 4.00. The predicted molar refractivity (Wildman–Crippen MR) is 97.6 cm³/mol. The van der Waals surface area contributed by atoms with E-state index in [0.29, 0.717) is 5.13 Å². The lowest BCUT2D eigenvalue weighted by Gasteiger charge is -2.07. The Hall–Kier alpha value is -1.78. The number of aryl methyl sites for hydroxylation is 1. The molecule has 3 heterocycles. The molecule has 0 aliphatic heterocycles. The molecule has 0 saturated heterocycles. The van der Waals surface area contributed by atoms with Crippen LogP contribution in [-0.2, 0) is 11.3 Å². The van der Waals surface area contributed by atoms with Crippen LogP contribution in [-0.4, -0.2) is 36.6 Å². The van der Waals surface area contributed by atoms with Gasteiger partial charge >= 0.3 is 0 Å². The molecule has 0 fully saturated rings. The van der Waals surface area contributed by atoms with Gasteiger partial charge in [0.2, 0.25) is 11.0 Å². The second-order valence-corrected chi connectivity index (χ2v) is 7.88. The molecule has 3 rings (SSSR count). The first-order valence-corrected chi connectivity index (χ1v) is 10.1. The lowest BCUT2D eigenvalue weighted by Crippen LogP contribution is -2.14. The van der Waals surface area contributed by atoms with E-state index in [0.717, 1.165) is 29.5 Å². The molecule has 24 heavy (non-hydrogen) atoms. The van der Waals surface area contributed by atoms with E-state index < -0.39 is 0 Å². The molecule has 0 radical (unpaired) electrons. The van der Waals surface area contributed by atoms with Crippen molar-refractivity contribution in [3.05, 3.63) is 21.8 Å². The summed E-state index contributed by atoms with van der Waals surface area (Å²) in [7, 11) is 0. The average molecular weight is 381 g/mol. The third-order valence-corrected chi connectivity index (χ3v) is 5.53. The van der Waals surface area contributed by atoms with Crippen LogP contribution in [0.3, 0.4) is 0 Å². The number of rotatable bonds is 7. The van der Waals surface area contributed by atoms with Crippen molar-refractivity contribution in [3.8, 4) is 11.4 Å². The van der Waals surface area contributed by atoms with Gasteiger partial charge in [0.15, 0.2) is 11.0 Å². The first kappa shape index (κ1) is 17.1. The molecule has 0 unspecified atom stereocenters. The number of thioether (sulfide) groups is 1. The van der Waals surface area contributed by atoms with Gasteiger partial charge in [-0.25, -0.2) is 0 Å². The van der Waals surface area contributed by atoms with E-state index in [4.69, 9.17) is 0 Å². The van der Waals surface area contributed by atoms with Crippen LogP contribution in [0.25, 0.3) is 11.4 Å². The van der Waals surface area contributed by atoms with Crippen molar-refractivity contribution in [1.82, 2.24) is 25.0 Å².